The number of nitriles is 1. The van der Waals surface area contributed by atoms with Gasteiger partial charge in [-0.3, -0.25) is 0 Å². The van der Waals surface area contributed by atoms with Crippen molar-refractivity contribution in [2.45, 2.75) is 40.0 Å². The van der Waals surface area contributed by atoms with E-state index in [1.54, 1.807) is 12.3 Å². The Bertz CT molecular complexity index is 1190. The van der Waals surface area contributed by atoms with Crippen LogP contribution in [-0.4, -0.2) is 20.7 Å². The molecule has 0 fully saturated rings. The average molecular weight is 439 g/mol. The molecular formula is C24H24ClFN4O. The van der Waals surface area contributed by atoms with Crippen LogP contribution < -0.4 is 0 Å². The van der Waals surface area contributed by atoms with E-state index in [1.807, 2.05) is 26.0 Å². The maximum atomic E-state index is 14.9. The molecule has 0 saturated heterocycles. The molecule has 3 heterocycles. The molecule has 0 saturated carbocycles. The minimum Gasteiger partial charge on any atom is -0.345 e. The molecule has 0 spiro atoms. The van der Waals surface area contributed by atoms with Crippen molar-refractivity contribution < 1.29 is 9.18 Å². The molecule has 1 unspecified atom stereocenters. The highest BCUT2D eigenvalue weighted by molar-refractivity contribution is 6.31. The van der Waals surface area contributed by atoms with Gasteiger partial charge in [-0.2, -0.15) is 5.26 Å². The number of hydrogen-bond donors (Lipinski definition) is 1. The van der Waals surface area contributed by atoms with Crippen LogP contribution in [0.5, 0.6) is 0 Å². The molecule has 0 amide bonds. The van der Waals surface area contributed by atoms with Gasteiger partial charge in [-0.05, 0) is 43.2 Å². The van der Waals surface area contributed by atoms with Crippen LogP contribution in [0.1, 0.15) is 44.9 Å². The van der Waals surface area contributed by atoms with Gasteiger partial charge in [-0.25, -0.2) is 14.4 Å². The largest absolute Gasteiger partial charge is 0.345 e. The number of allylic oxidation sites excluding steroid dienone is 1. The molecule has 3 aromatic rings. The number of carbonyl (C=O) groups is 1. The van der Waals surface area contributed by atoms with Crippen molar-refractivity contribution in [3.8, 4) is 17.3 Å². The highest BCUT2D eigenvalue weighted by Crippen LogP contribution is 2.37. The number of carbonyl (C=O) groups excluding carboxylic acids is 1. The molecule has 31 heavy (non-hydrogen) atoms. The van der Waals surface area contributed by atoms with Gasteiger partial charge >= 0.3 is 0 Å². The van der Waals surface area contributed by atoms with Gasteiger partial charge in [0.1, 0.15) is 23.3 Å². The molecule has 3 aromatic heterocycles. The number of nitrogens with one attached hydrogen (secondary N) is 1. The van der Waals surface area contributed by atoms with Crippen molar-refractivity contribution >= 4 is 28.4 Å². The number of aromatic nitrogens is 3. The number of hydrogen-bond acceptors (Lipinski definition) is 4. The Morgan fingerprint density at radius 2 is 2.19 bits per heavy atom. The van der Waals surface area contributed by atoms with E-state index in [1.165, 1.54) is 19.2 Å². The number of aromatic amines is 1. The Morgan fingerprint density at radius 3 is 2.84 bits per heavy atom. The Labute approximate surface area is 186 Å². The number of nitrogens with zero attached hydrogens (tertiary/aromatic N) is 3. The van der Waals surface area contributed by atoms with Gasteiger partial charge in [0.15, 0.2) is 0 Å². The van der Waals surface area contributed by atoms with Gasteiger partial charge in [0.25, 0.3) is 0 Å². The molecule has 0 aliphatic heterocycles. The first-order valence-electron chi connectivity index (χ1n) is 9.99. The van der Waals surface area contributed by atoms with E-state index in [-0.39, 0.29) is 34.8 Å². The van der Waals surface area contributed by atoms with Crippen LogP contribution in [0.15, 0.2) is 37.2 Å². The smallest absolute Gasteiger partial charge is 0.146 e. The fourth-order valence-electron chi connectivity index (χ4n) is 3.88. The summed E-state index contributed by atoms with van der Waals surface area (Å²) in [6.45, 7) is 9.42. The highest BCUT2D eigenvalue weighted by atomic mass is 35.5. The summed E-state index contributed by atoms with van der Waals surface area (Å²) >= 11 is 6.10. The SMILES string of the molecule is C=CCC(C)(C)C(CC(C)=O)Cc1nc(-c2c[nH]c3ncc(Cl)cc23)c(C#N)cc1F. The topological polar surface area (TPSA) is 82.4 Å². The number of ketones is 1. The third kappa shape index (κ3) is 4.83. The van der Waals surface area contributed by atoms with Crippen molar-refractivity contribution in [2.75, 3.05) is 0 Å². The summed E-state index contributed by atoms with van der Waals surface area (Å²) in [7, 11) is 0. The Hall–Kier alpha value is -3.04. The first-order valence-corrected chi connectivity index (χ1v) is 10.4. The van der Waals surface area contributed by atoms with Crippen molar-refractivity contribution in [1.82, 2.24) is 15.0 Å². The molecule has 0 aliphatic rings. The summed E-state index contributed by atoms with van der Waals surface area (Å²) in [6.07, 6.45) is 6.28. The molecule has 1 atom stereocenters. The zero-order valence-electron chi connectivity index (χ0n) is 17.8. The van der Waals surface area contributed by atoms with Gasteiger partial charge in [-0.15, -0.1) is 6.58 Å². The first-order chi connectivity index (χ1) is 14.7. The highest BCUT2D eigenvalue weighted by Gasteiger charge is 2.31. The molecule has 7 heteroatoms. The number of rotatable bonds is 8. The Balaban J connectivity index is 2.12. The van der Waals surface area contributed by atoms with Crippen LogP contribution in [0.2, 0.25) is 5.02 Å². The van der Waals surface area contributed by atoms with Gasteiger partial charge < -0.3 is 9.78 Å². The van der Waals surface area contributed by atoms with Crippen LogP contribution in [0.4, 0.5) is 4.39 Å². The third-order valence-electron chi connectivity index (χ3n) is 5.67. The van der Waals surface area contributed by atoms with Crippen LogP contribution in [0.25, 0.3) is 22.3 Å². The lowest BCUT2D eigenvalue weighted by Crippen LogP contribution is -2.28. The standard InChI is InChI=1S/C24H24ClFN4O/c1-5-6-24(3,4)16(7-14(2)31)9-21-20(26)8-15(11-27)22(30-21)19-13-29-23-18(19)10-17(25)12-28-23/h5,8,10,12-13,16H,1,6-7,9H2,2-4H3,(H,28,29). The van der Waals surface area contributed by atoms with E-state index in [9.17, 15) is 14.4 Å². The van der Waals surface area contributed by atoms with Crippen molar-refractivity contribution in [3.63, 3.8) is 0 Å². The second kappa shape index (κ2) is 8.99. The molecule has 5 nitrogen and oxygen atoms in total. The monoisotopic (exact) mass is 438 g/mol. The summed E-state index contributed by atoms with van der Waals surface area (Å²) < 4.78 is 14.9. The number of halogens is 2. The van der Waals surface area contributed by atoms with Gasteiger partial charge in [-0.1, -0.05) is 31.5 Å². The number of H-pyrrole nitrogens is 1. The summed E-state index contributed by atoms with van der Waals surface area (Å²) in [5, 5.41) is 10.7. The first kappa shape index (κ1) is 22.6. The third-order valence-corrected chi connectivity index (χ3v) is 5.88. The van der Waals surface area contributed by atoms with Crippen molar-refractivity contribution in [1.29, 1.82) is 5.26 Å². The van der Waals surface area contributed by atoms with E-state index >= 15 is 0 Å². The summed E-state index contributed by atoms with van der Waals surface area (Å²) in [5.74, 6) is -0.655. The normalized spacial score (nSPS) is 12.5. The van der Waals surface area contributed by atoms with E-state index in [4.69, 9.17) is 11.6 Å². The van der Waals surface area contributed by atoms with E-state index < -0.39 is 5.82 Å². The van der Waals surface area contributed by atoms with Crippen molar-refractivity contribution in [2.24, 2.45) is 11.3 Å². The maximum absolute atomic E-state index is 14.9. The van der Waals surface area contributed by atoms with Gasteiger partial charge in [0.05, 0.1) is 22.0 Å². The zero-order valence-corrected chi connectivity index (χ0v) is 18.6. The maximum Gasteiger partial charge on any atom is 0.146 e. The lowest BCUT2D eigenvalue weighted by molar-refractivity contribution is -0.118. The van der Waals surface area contributed by atoms with E-state index in [2.05, 4.69) is 21.5 Å². The minimum atomic E-state index is -0.556. The zero-order chi connectivity index (χ0) is 22.8. The predicted molar refractivity (Wildman–Crippen MR) is 120 cm³/mol. The second-order valence-corrected chi connectivity index (χ2v) is 8.90. The molecule has 0 aliphatic carbocycles. The summed E-state index contributed by atoms with van der Waals surface area (Å²) in [6, 6.07) is 4.97. The minimum absolute atomic E-state index is 0.0359. The predicted octanol–water partition coefficient (Wildman–Crippen LogP) is 6.03. The summed E-state index contributed by atoms with van der Waals surface area (Å²) in [4.78, 5) is 23.7. The molecule has 0 bridgehead atoms. The van der Waals surface area contributed by atoms with Gasteiger partial charge in [0.2, 0.25) is 0 Å². The molecule has 0 aromatic carbocycles. The van der Waals surface area contributed by atoms with Crippen molar-refractivity contribution in [3.05, 3.63) is 59.3 Å². The van der Waals surface area contributed by atoms with Crippen LogP contribution >= 0.6 is 11.6 Å². The second-order valence-electron chi connectivity index (χ2n) is 8.47. The lowest BCUT2D eigenvalue weighted by atomic mass is 9.71. The molecule has 1 N–H and O–H groups in total. The number of pyridine rings is 2. The Morgan fingerprint density at radius 1 is 1.45 bits per heavy atom. The van der Waals surface area contributed by atoms with E-state index in [0.29, 0.717) is 40.2 Å². The van der Waals surface area contributed by atoms with Crippen LogP contribution in [0, 0.1) is 28.5 Å². The molecular weight excluding hydrogens is 415 g/mol. The van der Waals surface area contributed by atoms with E-state index in [0.717, 1.165) is 0 Å². The lowest BCUT2D eigenvalue weighted by Gasteiger charge is -2.33. The van der Waals surface area contributed by atoms with Crippen LogP contribution in [-0.2, 0) is 11.2 Å². The summed E-state index contributed by atoms with van der Waals surface area (Å²) in [5.41, 5.74) is 1.65. The fraction of sp³-hybridized carbons (Fsp3) is 0.333. The fourth-order valence-corrected chi connectivity index (χ4v) is 4.04. The average Bonchev–Trinajstić information content (AvgIpc) is 3.11. The molecule has 3 rings (SSSR count). The van der Waals surface area contributed by atoms with Crippen LogP contribution in [0.3, 0.4) is 0 Å². The molecule has 160 valence electrons. The Kier molecular flexibility index (Phi) is 6.56. The molecule has 0 radical (unpaired) electrons. The van der Waals surface area contributed by atoms with Gasteiger partial charge in [0, 0.05) is 29.8 Å². The number of Topliss-reactive ketones (excluding diaryl/α,β-unsaturated/α-hetero) is 1. The number of fused-ring (bicyclic) bond motifs is 1. The quantitative estimate of drug-likeness (QED) is 0.435.